The lowest BCUT2D eigenvalue weighted by Crippen LogP contribution is -2.25. The first-order chi connectivity index (χ1) is 9.15. The minimum Gasteiger partial charge on any atom is -0.327 e. The van der Waals surface area contributed by atoms with Gasteiger partial charge in [0, 0.05) is 6.54 Å². The standard InChI is InChI=1S/C12H12F2N4O.ClH/c13-5-9(6-15)7-18-12(19)17(8-16-18)11-3-1-10(14)2-4-11;/h1-5,8H,6-7,15H2;1H/b9-5+;. The molecule has 8 heteroatoms. The zero-order valence-electron chi connectivity index (χ0n) is 10.4. The first-order valence-corrected chi connectivity index (χ1v) is 5.54. The van der Waals surface area contributed by atoms with Crippen molar-refractivity contribution in [1.29, 1.82) is 0 Å². The minimum absolute atomic E-state index is 0. The summed E-state index contributed by atoms with van der Waals surface area (Å²) >= 11 is 0. The fraction of sp³-hybridized carbons (Fsp3) is 0.167. The second-order valence-corrected chi connectivity index (χ2v) is 3.89. The van der Waals surface area contributed by atoms with Gasteiger partial charge in [0.15, 0.2) is 0 Å². The van der Waals surface area contributed by atoms with Gasteiger partial charge in [0.25, 0.3) is 0 Å². The molecule has 0 spiro atoms. The van der Waals surface area contributed by atoms with Crippen LogP contribution in [0.5, 0.6) is 0 Å². The van der Waals surface area contributed by atoms with Gasteiger partial charge in [0.2, 0.25) is 0 Å². The SMILES string of the molecule is Cl.NC/C(=C\F)Cn1ncn(-c2ccc(F)cc2)c1=O. The van der Waals surface area contributed by atoms with Crippen LogP contribution in [0.4, 0.5) is 8.78 Å². The lowest BCUT2D eigenvalue weighted by atomic mass is 10.3. The predicted molar refractivity (Wildman–Crippen MR) is 73.3 cm³/mol. The highest BCUT2D eigenvalue weighted by Crippen LogP contribution is 2.06. The Morgan fingerprint density at radius 2 is 2.00 bits per heavy atom. The van der Waals surface area contributed by atoms with Crippen molar-refractivity contribution < 1.29 is 8.78 Å². The van der Waals surface area contributed by atoms with E-state index in [0.29, 0.717) is 12.0 Å². The first-order valence-electron chi connectivity index (χ1n) is 5.54. The summed E-state index contributed by atoms with van der Waals surface area (Å²) in [6.07, 6.45) is 1.66. The molecule has 2 aromatic rings. The van der Waals surface area contributed by atoms with Crippen LogP contribution in [0.1, 0.15) is 0 Å². The van der Waals surface area contributed by atoms with Gasteiger partial charge >= 0.3 is 5.69 Å². The van der Waals surface area contributed by atoms with E-state index >= 15 is 0 Å². The van der Waals surface area contributed by atoms with E-state index in [0.717, 1.165) is 4.68 Å². The van der Waals surface area contributed by atoms with E-state index < -0.39 is 11.5 Å². The average Bonchev–Trinajstić information content (AvgIpc) is 2.78. The predicted octanol–water partition coefficient (Wildman–Crippen LogP) is 1.41. The summed E-state index contributed by atoms with van der Waals surface area (Å²) in [5.41, 5.74) is 5.61. The third-order valence-corrected chi connectivity index (χ3v) is 2.61. The molecular weight excluding hydrogens is 290 g/mol. The van der Waals surface area contributed by atoms with Crippen molar-refractivity contribution in [2.24, 2.45) is 5.73 Å². The van der Waals surface area contributed by atoms with Crippen LogP contribution in [0, 0.1) is 5.82 Å². The Morgan fingerprint density at radius 3 is 2.55 bits per heavy atom. The van der Waals surface area contributed by atoms with Crippen LogP contribution < -0.4 is 11.4 Å². The molecule has 0 saturated heterocycles. The van der Waals surface area contributed by atoms with Gasteiger partial charge < -0.3 is 5.73 Å². The summed E-state index contributed by atoms with van der Waals surface area (Å²) in [7, 11) is 0. The molecule has 5 nitrogen and oxygen atoms in total. The summed E-state index contributed by atoms with van der Waals surface area (Å²) in [5.74, 6) is -0.394. The molecule has 0 amide bonds. The summed E-state index contributed by atoms with van der Waals surface area (Å²) in [6.45, 7) is -0.00756. The van der Waals surface area contributed by atoms with E-state index in [1.807, 2.05) is 0 Å². The molecule has 0 aliphatic heterocycles. The van der Waals surface area contributed by atoms with Gasteiger partial charge in [0.05, 0.1) is 18.6 Å². The molecule has 0 aliphatic rings. The van der Waals surface area contributed by atoms with Crippen LogP contribution in [-0.2, 0) is 6.54 Å². The Kier molecular flexibility index (Phi) is 5.60. The fourth-order valence-corrected chi connectivity index (χ4v) is 1.56. The maximum atomic E-state index is 12.8. The Bertz CT molecular complexity index is 648. The Labute approximate surface area is 119 Å². The number of nitrogens with zero attached hydrogens (tertiary/aromatic N) is 3. The number of rotatable bonds is 4. The van der Waals surface area contributed by atoms with Crippen molar-refractivity contribution >= 4 is 12.4 Å². The molecule has 108 valence electrons. The third-order valence-electron chi connectivity index (χ3n) is 2.61. The van der Waals surface area contributed by atoms with Gasteiger partial charge in [0.1, 0.15) is 12.1 Å². The fourth-order valence-electron chi connectivity index (χ4n) is 1.56. The van der Waals surface area contributed by atoms with Gasteiger partial charge in [-0.2, -0.15) is 5.10 Å². The van der Waals surface area contributed by atoms with Crippen LogP contribution in [-0.4, -0.2) is 20.9 Å². The molecule has 1 aromatic heterocycles. The van der Waals surface area contributed by atoms with E-state index in [1.165, 1.54) is 35.2 Å². The number of nitrogens with two attached hydrogens (primary N) is 1. The summed E-state index contributed by atoms with van der Waals surface area (Å²) in [4.78, 5) is 12.0. The molecule has 0 saturated carbocycles. The zero-order chi connectivity index (χ0) is 13.8. The zero-order valence-corrected chi connectivity index (χ0v) is 11.2. The van der Waals surface area contributed by atoms with Crippen molar-refractivity contribution in [1.82, 2.24) is 14.3 Å². The first kappa shape index (κ1) is 16.1. The van der Waals surface area contributed by atoms with Gasteiger partial charge in [-0.1, -0.05) is 0 Å². The maximum absolute atomic E-state index is 12.8. The molecule has 0 bridgehead atoms. The molecular formula is C12H13ClF2N4O. The maximum Gasteiger partial charge on any atom is 0.350 e. The highest BCUT2D eigenvalue weighted by atomic mass is 35.5. The molecule has 0 radical (unpaired) electrons. The lowest BCUT2D eigenvalue weighted by molar-refractivity contribution is 0.612. The number of halogens is 3. The third kappa shape index (κ3) is 3.31. The van der Waals surface area contributed by atoms with Crippen LogP contribution in [0.15, 0.2) is 47.3 Å². The Morgan fingerprint density at radius 1 is 1.35 bits per heavy atom. The molecule has 20 heavy (non-hydrogen) atoms. The number of hydrogen-bond acceptors (Lipinski definition) is 3. The second kappa shape index (κ2) is 6.97. The molecule has 1 heterocycles. The second-order valence-electron chi connectivity index (χ2n) is 3.89. The van der Waals surface area contributed by atoms with Crippen molar-refractivity contribution in [2.45, 2.75) is 6.54 Å². The van der Waals surface area contributed by atoms with Crippen molar-refractivity contribution in [3.63, 3.8) is 0 Å². The van der Waals surface area contributed by atoms with E-state index in [1.54, 1.807) is 0 Å². The molecule has 2 N–H and O–H groups in total. The lowest BCUT2D eigenvalue weighted by Gasteiger charge is -2.02. The highest BCUT2D eigenvalue weighted by molar-refractivity contribution is 5.85. The number of benzene rings is 1. The Hall–Kier alpha value is -1.99. The molecule has 0 aliphatic carbocycles. The summed E-state index contributed by atoms with van der Waals surface area (Å²) < 4.78 is 27.5. The number of hydrogen-bond donors (Lipinski definition) is 1. The monoisotopic (exact) mass is 302 g/mol. The van der Waals surface area contributed by atoms with E-state index in [4.69, 9.17) is 5.73 Å². The van der Waals surface area contributed by atoms with Crippen LogP contribution in [0.3, 0.4) is 0 Å². The molecule has 2 rings (SSSR count). The average molecular weight is 303 g/mol. The van der Waals surface area contributed by atoms with Crippen molar-refractivity contribution in [3.8, 4) is 5.69 Å². The smallest absolute Gasteiger partial charge is 0.327 e. The van der Waals surface area contributed by atoms with E-state index in [-0.39, 0.29) is 31.1 Å². The van der Waals surface area contributed by atoms with Gasteiger partial charge in [-0.15, -0.1) is 12.4 Å². The highest BCUT2D eigenvalue weighted by Gasteiger charge is 2.08. The Balaban J connectivity index is 0.00000200. The van der Waals surface area contributed by atoms with Gasteiger partial charge in [-0.05, 0) is 29.8 Å². The van der Waals surface area contributed by atoms with Crippen molar-refractivity contribution in [3.05, 3.63) is 58.8 Å². The van der Waals surface area contributed by atoms with Crippen LogP contribution >= 0.6 is 12.4 Å². The van der Waals surface area contributed by atoms with Gasteiger partial charge in [-0.3, -0.25) is 0 Å². The number of aromatic nitrogens is 3. The van der Waals surface area contributed by atoms with Crippen LogP contribution in [0.25, 0.3) is 5.69 Å². The van der Waals surface area contributed by atoms with Crippen LogP contribution in [0.2, 0.25) is 0 Å². The quantitative estimate of drug-likeness (QED) is 0.928. The van der Waals surface area contributed by atoms with Gasteiger partial charge in [-0.25, -0.2) is 22.8 Å². The normalized spacial score (nSPS) is 11.2. The topological polar surface area (TPSA) is 65.8 Å². The van der Waals surface area contributed by atoms with Crippen molar-refractivity contribution in [2.75, 3.05) is 6.54 Å². The largest absolute Gasteiger partial charge is 0.350 e. The minimum atomic E-state index is -0.445. The van der Waals surface area contributed by atoms with E-state index in [2.05, 4.69) is 5.10 Å². The molecule has 0 fully saturated rings. The van der Waals surface area contributed by atoms with E-state index in [9.17, 15) is 13.6 Å². The molecule has 0 unspecified atom stereocenters. The summed E-state index contributed by atoms with van der Waals surface area (Å²) in [5, 5.41) is 3.86. The molecule has 0 atom stereocenters. The summed E-state index contributed by atoms with van der Waals surface area (Å²) in [6, 6.07) is 5.40. The molecule has 1 aromatic carbocycles.